The van der Waals surface area contributed by atoms with Crippen molar-refractivity contribution in [2.45, 2.75) is 6.54 Å². The Morgan fingerprint density at radius 2 is 1.86 bits per heavy atom. The smallest absolute Gasteiger partial charge is 0.333 e. The first-order chi connectivity index (χ1) is 13.9. The van der Waals surface area contributed by atoms with Crippen LogP contribution < -0.4 is 0 Å². The topological polar surface area (TPSA) is 68.6 Å². The number of hydrogen-bond donors (Lipinski definition) is 0. The number of carbonyl (C=O) groups excluding carboxylic acids is 3. The van der Waals surface area contributed by atoms with Gasteiger partial charge < -0.3 is 14.2 Å². The molecule has 6 nitrogen and oxygen atoms in total. The number of carbonyl (C=O) groups is 3. The van der Waals surface area contributed by atoms with Crippen molar-refractivity contribution in [1.82, 2.24) is 9.47 Å². The number of likely N-dealkylation sites (N-methyl/N-ethyl adjacent to an activating group) is 1. The molecule has 1 aromatic heterocycles. The molecule has 1 amide bonds. The largest absolute Gasteiger partial charge is 0.456 e. The maximum atomic E-state index is 13.0. The molecule has 0 unspecified atom stereocenters. The summed E-state index contributed by atoms with van der Waals surface area (Å²) in [7, 11) is 1.46. The summed E-state index contributed by atoms with van der Waals surface area (Å²) in [6.45, 7) is 0.509. The summed E-state index contributed by atoms with van der Waals surface area (Å²) < 4.78 is 6.75. The van der Waals surface area contributed by atoms with Crippen molar-refractivity contribution in [2.75, 3.05) is 13.7 Å². The van der Waals surface area contributed by atoms with Crippen LogP contribution in [-0.4, -0.2) is 40.8 Å². The molecular formula is C22H17ClN2O4. The molecule has 2 heterocycles. The Balaban J connectivity index is 1.67. The van der Waals surface area contributed by atoms with Crippen LogP contribution in [0.15, 0.2) is 66.5 Å². The van der Waals surface area contributed by atoms with Gasteiger partial charge in [-0.2, -0.15) is 0 Å². The van der Waals surface area contributed by atoms with Gasteiger partial charge in [-0.15, -0.1) is 0 Å². The fraction of sp³-hybridized carbons (Fsp3) is 0.136. The van der Waals surface area contributed by atoms with Gasteiger partial charge in [0.25, 0.3) is 11.7 Å². The van der Waals surface area contributed by atoms with Gasteiger partial charge in [0.15, 0.2) is 0 Å². The molecule has 0 saturated heterocycles. The quantitative estimate of drug-likeness (QED) is 0.368. The van der Waals surface area contributed by atoms with E-state index in [9.17, 15) is 14.4 Å². The van der Waals surface area contributed by atoms with Gasteiger partial charge in [0.05, 0.1) is 11.3 Å². The highest BCUT2D eigenvalue weighted by Gasteiger charge is 2.28. The van der Waals surface area contributed by atoms with Crippen LogP contribution in [0.4, 0.5) is 0 Å². The number of esters is 1. The zero-order valence-electron chi connectivity index (χ0n) is 15.6. The van der Waals surface area contributed by atoms with Crippen molar-refractivity contribution in [1.29, 1.82) is 0 Å². The number of amides is 1. The average molecular weight is 409 g/mol. The minimum Gasteiger partial charge on any atom is -0.456 e. The van der Waals surface area contributed by atoms with Gasteiger partial charge in [-0.25, -0.2) is 4.79 Å². The maximum absolute atomic E-state index is 13.0. The summed E-state index contributed by atoms with van der Waals surface area (Å²) in [5.41, 5.74) is 2.54. The summed E-state index contributed by atoms with van der Waals surface area (Å²) in [4.78, 5) is 38.1. The number of nitrogens with zero attached hydrogens (tertiary/aromatic N) is 2. The Kier molecular flexibility index (Phi) is 4.94. The number of aromatic nitrogens is 1. The second kappa shape index (κ2) is 7.56. The van der Waals surface area contributed by atoms with Crippen LogP contribution in [0, 0.1) is 0 Å². The fourth-order valence-electron chi connectivity index (χ4n) is 3.30. The molecule has 0 spiro atoms. The molecule has 2 aromatic carbocycles. The van der Waals surface area contributed by atoms with Crippen molar-refractivity contribution in [3.05, 3.63) is 82.7 Å². The lowest BCUT2D eigenvalue weighted by Gasteiger charge is -2.15. The molecule has 3 aromatic rings. The molecule has 4 rings (SSSR count). The van der Waals surface area contributed by atoms with E-state index in [1.165, 1.54) is 18.0 Å². The summed E-state index contributed by atoms with van der Waals surface area (Å²) in [6.07, 6.45) is 2.91. The Morgan fingerprint density at radius 3 is 2.55 bits per heavy atom. The number of halogens is 1. The maximum Gasteiger partial charge on any atom is 0.333 e. The van der Waals surface area contributed by atoms with Crippen molar-refractivity contribution in [3.63, 3.8) is 0 Å². The number of cyclic esters (lactones) is 1. The summed E-state index contributed by atoms with van der Waals surface area (Å²) in [5.74, 6) is -1.88. The van der Waals surface area contributed by atoms with E-state index >= 15 is 0 Å². The van der Waals surface area contributed by atoms with Crippen LogP contribution in [0.2, 0.25) is 5.02 Å². The molecule has 0 fully saturated rings. The van der Waals surface area contributed by atoms with E-state index in [4.69, 9.17) is 16.3 Å². The molecule has 0 aliphatic carbocycles. The van der Waals surface area contributed by atoms with Crippen LogP contribution in [-0.2, 0) is 20.9 Å². The van der Waals surface area contributed by atoms with Gasteiger partial charge in [-0.3, -0.25) is 9.59 Å². The SMILES string of the molecule is CN(C(=O)C(=O)c1cn(Cc2ccc(Cl)cc2)c2ccccc12)C1=CC(=O)OC1. The van der Waals surface area contributed by atoms with Gasteiger partial charge in [0.2, 0.25) is 0 Å². The van der Waals surface area contributed by atoms with Crippen LogP contribution in [0.3, 0.4) is 0 Å². The van der Waals surface area contributed by atoms with E-state index in [-0.39, 0.29) is 6.61 Å². The molecule has 1 aliphatic heterocycles. The van der Waals surface area contributed by atoms with Crippen molar-refractivity contribution < 1.29 is 19.1 Å². The monoisotopic (exact) mass is 408 g/mol. The Hall–Kier alpha value is -3.38. The Bertz CT molecular complexity index is 1160. The summed E-state index contributed by atoms with van der Waals surface area (Å²) >= 11 is 5.95. The van der Waals surface area contributed by atoms with Gasteiger partial charge in [0.1, 0.15) is 6.61 Å². The second-order valence-corrected chi connectivity index (χ2v) is 7.19. The lowest BCUT2D eigenvalue weighted by Crippen LogP contribution is -2.33. The highest BCUT2D eigenvalue weighted by Crippen LogP contribution is 2.24. The van der Waals surface area contributed by atoms with Gasteiger partial charge in [-0.1, -0.05) is 41.9 Å². The lowest BCUT2D eigenvalue weighted by atomic mass is 10.1. The molecule has 0 N–H and O–H groups in total. The van der Waals surface area contributed by atoms with E-state index in [2.05, 4.69) is 0 Å². The number of Topliss-reactive ketones (excluding diaryl/α,β-unsaturated/α-hetero) is 1. The van der Waals surface area contributed by atoms with E-state index < -0.39 is 17.7 Å². The van der Waals surface area contributed by atoms with Gasteiger partial charge >= 0.3 is 5.97 Å². The normalized spacial score (nSPS) is 13.3. The minimum atomic E-state index is -0.719. The Morgan fingerprint density at radius 1 is 1.14 bits per heavy atom. The van der Waals surface area contributed by atoms with Gasteiger partial charge in [0, 0.05) is 41.8 Å². The van der Waals surface area contributed by atoms with E-state index in [1.54, 1.807) is 6.20 Å². The fourth-order valence-corrected chi connectivity index (χ4v) is 3.43. The highest BCUT2D eigenvalue weighted by molar-refractivity contribution is 6.45. The van der Waals surface area contributed by atoms with E-state index in [0.717, 1.165) is 11.1 Å². The van der Waals surface area contributed by atoms with Crippen LogP contribution in [0.5, 0.6) is 0 Å². The third kappa shape index (κ3) is 3.67. The first-order valence-corrected chi connectivity index (χ1v) is 9.34. The minimum absolute atomic E-state index is 0.0212. The van der Waals surface area contributed by atoms with Crippen molar-refractivity contribution >= 4 is 40.2 Å². The average Bonchev–Trinajstić information content (AvgIpc) is 3.32. The molecule has 146 valence electrons. The van der Waals surface area contributed by atoms with E-state index in [0.29, 0.717) is 28.2 Å². The molecule has 0 radical (unpaired) electrons. The van der Waals surface area contributed by atoms with Gasteiger partial charge in [-0.05, 0) is 23.8 Å². The number of rotatable bonds is 5. The zero-order valence-corrected chi connectivity index (χ0v) is 16.3. The van der Waals surface area contributed by atoms with Crippen LogP contribution in [0.1, 0.15) is 15.9 Å². The molecular weight excluding hydrogens is 392 g/mol. The summed E-state index contributed by atoms with van der Waals surface area (Å²) in [6, 6.07) is 14.9. The molecule has 7 heteroatoms. The van der Waals surface area contributed by atoms with Crippen molar-refractivity contribution in [2.24, 2.45) is 0 Å². The summed E-state index contributed by atoms with van der Waals surface area (Å²) in [5, 5.41) is 1.35. The predicted molar refractivity (Wildman–Crippen MR) is 109 cm³/mol. The zero-order chi connectivity index (χ0) is 20.5. The first-order valence-electron chi connectivity index (χ1n) is 8.96. The molecule has 0 bridgehead atoms. The third-order valence-corrected chi connectivity index (χ3v) is 5.13. The number of fused-ring (bicyclic) bond motifs is 1. The number of hydrogen-bond acceptors (Lipinski definition) is 4. The standard InChI is InChI=1S/C22H17ClN2O4/c1-24(16-10-20(26)29-13-16)22(28)21(27)18-12-25(19-5-3-2-4-17(18)19)11-14-6-8-15(23)9-7-14/h2-10,12H,11,13H2,1H3. The van der Waals surface area contributed by atoms with Crippen molar-refractivity contribution in [3.8, 4) is 0 Å². The number of ketones is 1. The molecule has 0 atom stereocenters. The predicted octanol–water partition coefficient (Wildman–Crippen LogP) is 3.42. The first kappa shape index (κ1) is 19.0. The second-order valence-electron chi connectivity index (χ2n) is 6.75. The van der Waals surface area contributed by atoms with Crippen LogP contribution >= 0.6 is 11.6 Å². The molecule has 1 aliphatic rings. The number of para-hydroxylation sites is 1. The van der Waals surface area contributed by atoms with E-state index in [1.807, 2.05) is 53.1 Å². The number of ether oxygens (including phenoxy) is 1. The molecule has 0 saturated carbocycles. The Labute approximate surface area is 171 Å². The highest BCUT2D eigenvalue weighted by atomic mass is 35.5. The van der Waals surface area contributed by atoms with Crippen LogP contribution in [0.25, 0.3) is 10.9 Å². The third-order valence-electron chi connectivity index (χ3n) is 4.88. The molecule has 29 heavy (non-hydrogen) atoms. The number of benzene rings is 2. The lowest BCUT2D eigenvalue weighted by molar-refractivity contribution is -0.135.